The van der Waals surface area contributed by atoms with Crippen LogP contribution in [0.15, 0.2) is 18.2 Å². The van der Waals surface area contributed by atoms with Crippen molar-refractivity contribution < 1.29 is 14.6 Å². The van der Waals surface area contributed by atoms with Crippen LogP contribution >= 0.6 is 0 Å². The molecule has 4 heteroatoms. The third kappa shape index (κ3) is 3.07. The molecule has 0 spiro atoms. The molecule has 2 unspecified atom stereocenters. The number of rotatable bonds is 5. The Balaban J connectivity index is 1.62. The summed E-state index contributed by atoms with van der Waals surface area (Å²) in [5, 5.41) is 10.1. The monoisotopic (exact) mass is 277 g/mol. The van der Waals surface area contributed by atoms with Crippen LogP contribution in [0.1, 0.15) is 31.7 Å². The lowest BCUT2D eigenvalue weighted by atomic mass is 10.1. The van der Waals surface area contributed by atoms with Crippen molar-refractivity contribution in [2.45, 2.75) is 44.9 Å². The van der Waals surface area contributed by atoms with Gasteiger partial charge in [-0.05, 0) is 25.3 Å². The van der Waals surface area contributed by atoms with E-state index in [1.165, 1.54) is 12.8 Å². The predicted molar refractivity (Wildman–Crippen MR) is 77.1 cm³/mol. The molecule has 0 radical (unpaired) electrons. The lowest BCUT2D eigenvalue weighted by Crippen LogP contribution is -2.41. The first kappa shape index (κ1) is 13.7. The van der Waals surface area contributed by atoms with Gasteiger partial charge in [-0.25, -0.2) is 0 Å². The zero-order chi connectivity index (χ0) is 13.9. The smallest absolute Gasteiger partial charge is 0.123 e. The van der Waals surface area contributed by atoms with Gasteiger partial charge in [0.05, 0.1) is 18.8 Å². The molecule has 4 nitrogen and oxygen atoms in total. The number of hydrogen-bond donors (Lipinski definition) is 1. The minimum absolute atomic E-state index is 0.331. The van der Waals surface area contributed by atoms with E-state index >= 15 is 0 Å². The number of hydrogen-bond acceptors (Lipinski definition) is 4. The van der Waals surface area contributed by atoms with E-state index in [9.17, 15) is 5.11 Å². The molecule has 0 aliphatic carbocycles. The van der Waals surface area contributed by atoms with E-state index in [4.69, 9.17) is 9.47 Å². The molecular weight excluding hydrogens is 254 g/mol. The Hall–Kier alpha value is -1.26. The fraction of sp³-hybridized carbons (Fsp3) is 0.625. The van der Waals surface area contributed by atoms with Gasteiger partial charge in [-0.2, -0.15) is 0 Å². The standard InChI is InChI=1S/C16H23NO3/c1-2-7-19-13-4-3-12(16(18)8-13)9-17-10-14-5-6-15(11-17)20-14/h3-4,8,14-15,18H,2,5-7,9-11H2,1H3. The quantitative estimate of drug-likeness (QED) is 0.898. The van der Waals surface area contributed by atoms with Gasteiger partial charge < -0.3 is 14.6 Å². The molecule has 2 atom stereocenters. The second-order valence-electron chi connectivity index (χ2n) is 5.79. The highest BCUT2D eigenvalue weighted by molar-refractivity contribution is 5.39. The number of morpholine rings is 1. The third-order valence-corrected chi connectivity index (χ3v) is 4.04. The largest absolute Gasteiger partial charge is 0.507 e. The van der Waals surface area contributed by atoms with Crippen molar-refractivity contribution in [2.75, 3.05) is 19.7 Å². The third-order valence-electron chi connectivity index (χ3n) is 4.04. The second kappa shape index (κ2) is 6.02. The highest BCUT2D eigenvalue weighted by Crippen LogP contribution is 2.30. The van der Waals surface area contributed by atoms with Crippen LogP contribution < -0.4 is 4.74 Å². The molecule has 110 valence electrons. The highest BCUT2D eigenvalue weighted by atomic mass is 16.5. The van der Waals surface area contributed by atoms with Crippen molar-refractivity contribution in [1.82, 2.24) is 4.90 Å². The fourth-order valence-electron chi connectivity index (χ4n) is 3.06. The van der Waals surface area contributed by atoms with Crippen LogP contribution in [0.25, 0.3) is 0 Å². The summed E-state index contributed by atoms with van der Waals surface area (Å²) in [6.45, 7) is 5.50. The van der Waals surface area contributed by atoms with Gasteiger partial charge in [-0.3, -0.25) is 4.90 Å². The summed E-state index contributed by atoms with van der Waals surface area (Å²) in [4.78, 5) is 2.38. The molecule has 2 aliphatic heterocycles. The average molecular weight is 277 g/mol. The van der Waals surface area contributed by atoms with Gasteiger partial charge in [-0.1, -0.05) is 13.0 Å². The van der Waals surface area contributed by atoms with Crippen LogP contribution in [0.5, 0.6) is 11.5 Å². The molecule has 0 amide bonds. The van der Waals surface area contributed by atoms with Gasteiger partial charge in [0.1, 0.15) is 11.5 Å². The van der Waals surface area contributed by atoms with E-state index in [1.807, 2.05) is 12.1 Å². The molecule has 3 rings (SSSR count). The maximum atomic E-state index is 10.1. The predicted octanol–water partition coefficient (Wildman–Crippen LogP) is 2.54. The summed E-state index contributed by atoms with van der Waals surface area (Å²) >= 11 is 0. The highest BCUT2D eigenvalue weighted by Gasteiger charge is 2.33. The molecule has 2 bridgehead atoms. The van der Waals surface area contributed by atoms with Gasteiger partial charge >= 0.3 is 0 Å². The van der Waals surface area contributed by atoms with Crippen molar-refractivity contribution in [3.8, 4) is 11.5 Å². The molecule has 1 aromatic rings. The molecule has 2 aliphatic rings. The van der Waals surface area contributed by atoms with E-state index in [0.29, 0.717) is 24.6 Å². The molecule has 2 heterocycles. The summed E-state index contributed by atoms with van der Waals surface area (Å²) in [5.41, 5.74) is 0.968. The van der Waals surface area contributed by atoms with Gasteiger partial charge in [0.15, 0.2) is 0 Å². The zero-order valence-electron chi connectivity index (χ0n) is 12.0. The lowest BCUT2D eigenvalue weighted by Gasteiger charge is -2.32. The van der Waals surface area contributed by atoms with Crippen molar-refractivity contribution in [3.63, 3.8) is 0 Å². The summed E-state index contributed by atoms with van der Waals surface area (Å²) in [5.74, 6) is 1.08. The summed E-state index contributed by atoms with van der Waals surface area (Å²) in [7, 11) is 0. The van der Waals surface area contributed by atoms with Crippen molar-refractivity contribution in [2.24, 2.45) is 0 Å². The Kier molecular flexibility index (Phi) is 4.13. The van der Waals surface area contributed by atoms with E-state index in [1.54, 1.807) is 6.07 Å². The topological polar surface area (TPSA) is 41.9 Å². The van der Waals surface area contributed by atoms with Crippen LogP contribution in [-0.2, 0) is 11.3 Å². The molecule has 1 aromatic carbocycles. The maximum absolute atomic E-state index is 10.1. The molecule has 2 saturated heterocycles. The summed E-state index contributed by atoms with van der Waals surface area (Å²) in [6, 6.07) is 5.64. The zero-order valence-corrected chi connectivity index (χ0v) is 12.0. The number of ether oxygens (including phenoxy) is 2. The molecule has 0 aromatic heterocycles. The number of nitrogens with zero attached hydrogens (tertiary/aromatic N) is 1. The summed E-state index contributed by atoms with van der Waals surface area (Å²) in [6.07, 6.45) is 4.11. The van der Waals surface area contributed by atoms with Gasteiger partial charge in [-0.15, -0.1) is 0 Å². The van der Waals surface area contributed by atoms with E-state index in [-0.39, 0.29) is 0 Å². The number of aromatic hydroxyl groups is 1. The van der Waals surface area contributed by atoms with Crippen LogP contribution in [0, 0.1) is 0 Å². The van der Waals surface area contributed by atoms with E-state index in [2.05, 4.69) is 11.8 Å². The normalized spacial score (nSPS) is 25.9. The summed E-state index contributed by atoms with van der Waals surface area (Å²) < 4.78 is 11.4. The number of benzene rings is 1. The Morgan fingerprint density at radius 3 is 2.70 bits per heavy atom. The Bertz CT molecular complexity index is 451. The minimum Gasteiger partial charge on any atom is -0.507 e. The van der Waals surface area contributed by atoms with Gasteiger partial charge in [0.25, 0.3) is 0 Å². The number of phenols is 1. The van der Waals surface area contributed by atoms with Crippen molar-refractivity contribution >= 4 is 0 Å². The second-order valence-corrected chi connectivity index (χ2v) is 5.79. The van der Waals surface area contributed by atoms with Crippen LogP contribution in [0.4, 0.5) is 0 Å². The first-order valence-corrected chi connectivity index (χ1v) is 7.57. The van der Waals surface area contributed by atoms with Crippen molar-refractivity contribution in [1.29, 1.82) is 0 Å². The van der Waals surface area contributed by atoms with Crippen LogP contribution in [-0.4, -0.2) is 41.9 Å². The first-order valence-electron chi connectivity index (χ1n) is 7.57. The fourth-order valence-corrected chi connectivity index (χ4v) is 3.06. The molecular formula is C16H23NO3. The first-order chi connectivity index (χ1) is 9.74. The van der Waals surface area contributed by atoms with E-state index < -0.39 is 0 Å². The SMILES string of the molecule is CCCOc1ccc(CN2CC3CCC(C2)O3)c(O)c1. The average Bonchev–Trinajstić information content (AvgIpc) is 2.78. The number of likely N-dealkylation sites (tertiary alicyclic amines) is 1. The van der Waals surface area contributed by atoms with Gasteiger partial charge in [0, 0.05) is 31.3 Å². The van der Waals surface area contributed by atoms with Crippen LogP contribution in [0.3, 0.4) is 0 Å². The Morgan fingerprint density at radius 1 is 1.30 bits per heavy atom. The molecule has 20 heavy (non-hydrogen) atoms. The van der Waals surface area contributed by atoms with Gasteiger partial charge in [0.2, 0.25) is 0 Å². The molecule has 2 fully saturated rings. The Morgan fingerprint density at radius 2 is 2.05 bits per heavy atom. The maximum Gasteiger partial charge on any atom is 0.123 e. The molecule has 0 saturated carbocycles. The lowest BCUT2D eigenvalue weighted by molar-refractivity contribution is -0.0412. The molecule has 1 N–H and O–H groups in total. The van der Waals surface area contributed by atoms with Crippen LogP contribution in [0.2, 0.25) is 0 Å². The Labute approximate surface area is 120 Å². The van der Waals surface area contributed by atoms with Crippen molar-refractivity contribution in [3.05, 3.63) is 23.8 Å². The van der Waals surface area contributed by atoms with E-state index in [0.717, 1.165) is 37.4 Å². The number of fused-ring (bicyclic) bond motifs is 2. The number of phenolic OH excluding ortho intramolecular Hbond substituents is 1. The minimum atomic E-state index is 0.331.